The number of aryl methyl sites for hydroxylation is 1. The third-order valence-electron chi connectivity index (χ3n) is 2.91. The molecule has 0 aliphatic carbocycles. The number of rotatable bonds is 3. The zero-order chi connectivity index (χ0) is 11.4. The van der Waals surface area contributed by atoms with Crippen LogP contribution in [0.4, 0.5) is 5.82 Å². The Morgan fingerprint density at radius 1 is 1.56 bits per heavy atom. The third-order valence-corrected chi connectivity index (χ3v) is 3.51. The smallest absolute Gasteiger partial charge is 0.140 e. The summed E-state index contributed by atoms with van der Waals surface area (Å²) >= 11 is 3.53. The molecule has 2 N–H and O–H groups in total. The first-order valence-corrected chi connectivity index (χ1v) is 6.64. The molecule has 3 nitrogen and oxygen atoms in total. The van der Waals surface area contributed by atoms with Crippen LogP contribution in [-0.2, 0) is 0 Å². The van der Waals surface area contributed by atoms with Gasteiger partial charge in [-0.15, -0.1) is 0 Å². The van der Waals surface area contributed by atoms with E-state index in [0.717, 1.165) is 23.4 Å². The number of anilines is 1. The second kappa shape index (κ2) is 5.64. The molecule has 1 atom stereocenters. The lowest BCUT2D eigenvalue weighted by atomic mass is 10.1. The molecular weight excluding hydrogens is 266 g/mol. The maximum atomic E-state index is 4.38. The van der Waals surface area contributed by atoms with Gasteiger partial charge in [0.25, 0.3) is 0 Å². The lowest BCUT2D eigenvalue weighted by molar-refractivity contribution is 0.414. The summed E-state index contributed by atoms with van der Waals surface area (Å²) in [5, 5.41) is 6.90. The van der Waals surface area contributed by atoms with Crippen LogP contribution in [0.25, 0.3) is 0 Å². The van der Waals surface area contributed by atoms with Crippen LogP contribution in [0.5, 0.6) is 0 Å². The van der Waals surface area contributed by atoms with Gasteiger partial charge in [0.15, 0.2) is 0 Å². The third kappa shape index (κ3) is 3.19. The highest BCUT2D eigenvalue weighted by molar-refractivity contribution is 9.10. The van der Waals surface area contributed by atoms with E-state index in [1.807, 2.05) is 13.1 Å². The van der Waals surface area contributed by atoms with Crippen molar-refractivity contribution < 1.29 is 0 Å². The molecule has 0 saturated carbocycles. The summed E-state index contributed by atoms with van der Waals surface area (Å²) in [4.78, 5) is 4.38. The maximum absolute atomic E-state index is 4.38. The van der Waals surface area contributed by atoms with Gasteiger partial charge in [0.05, 0.1) is 4.47 Å². The van der Waals surface area contributed by atoms with Crippen LogP contribution < -0.4 is 10.6 Å². The minimum atomic E-state index is 0.587. The van der Waals surface area contributed by atoms with Crippen molar-refractivity contribution >= 4 is 21.7 Å². The predicted octanol–water partition coefficient (Wildman–Crippen LogP) is 2.71. The molecule has 2 heterocycles. The molecular formula is C12H18BrN3. The molecule has 0 aromatic carbocycles. The van der Waals surface area contributed by atoms with Gasteiger partial charge in [-0.1, -0.05) is 6.42 Å². The molecule has 1 aromatic rings. The lowest BCUT2D eigenvalue weighted by Crippen LogP contribution is -2.39. The second-order valence-corrected chi connectivity index (χ2v) is 5.23. The molecule has 1 aliphatic heterocycles. The molecule has 4 heteroatoms. The van der Waals surface area contributed by atoms with Gasteiger partial charge in [-0.2, -0.15) is 0 Å². The summed E-state index contributed by atoms with van der Waals surface area (Å²) in [6.07, 6.45) is 5.79. The van der Waals surface area contributed by atoms with E-state index in [1.54, 1.807) is 0 Å². The van der Waals surface area contributed by atoms with Crippen LogP contribution in [0.1, 0.15) is 24.8 Å². The van der Waals surface area contributed by atoms with E-state index in [2.05, 4.69) is 37.6 Å². The van der Waals surface area contributed by atoms with E-state index in [1.165, 1.54) is 24.8 Å². The van der Waals surface area contributed by atoms with E-state index < -0.39 is 0 Å². The molecule has 1 aromatic heterocycles. The summed E-state index contributed by atoms with van der Waals surface area (Å²) in [5.41, 5.74) is 1.17. The number of piperidine rings is 1. The zero-order valence-corrected chi connectivity index (χ0v) is 11.2. The first kappa shape index (κ1) is 11.9. The van der Waals surface area contributed by atoms with Gasteiger partial charge in [-0.05, 0) is 53.9 Å². The van der Waals surface area contributed by atoms with Crippen LogP contribution >= 0.6 is 15.9 Å². The highest BCUT2D eigenvalue weighted by Gasteiger charge is 2.12. The molecule has 0 amide bonds. The van der Waals surface area contributed by atoms with Gasteiger partial charge in [0, 0.05) is 18.8 Å². The SMILES string of the molecule is Cc1cnc(NCC2CCCCN2)c(Br)c1. The van der Waals surface area contributed by atoms with Crippen molar-refractivity contribution in [3.05, 3.63) is 22.3 Å². The Morgan fingerprint density at radius 2 is 2.44 bits per heavy atom. The molecule has 2 rings (SSSR count). The summed E-state index contributed by atoms with van der Waals surface area (Å²) in [6.45, 7) is 4.15. The van der Waals surface area contributed by atoms with Crippen molar-refractivity contribution in [2.45, 2.75) is 32.2 Å². The van der Waals surface area contributed by atoms with Gasteiger partial charge in [-0.25, -0.2) is 4.98 Å². The average Bonchev–Trinajstić information content (AvgIpc) is 2.29. The van der Waals surface area contributed by atoms with Crippen molar-refractivity contribution in [2.75, 3.05) is 18.4 Å². The number of halogens is 1. The number of nitrogens with one attached hydrogen (secondary N) is 2. The second-order valence-electron chi connectivity index (χ2n) is 4.37. The topological polar surface area (TPSA) is 37.0 Å². The minimum Gasteiger partial charge on any atom is -0.368 e. The van der Waals surface area contributed by atoms with Crippen LogP contribution in [0.2, 0.25) is 0 Å². The number of hydrogen-bond donors (Lipinski definition) is 2. The molecule has 1 aliphatic rings. The van der Waals surface area contributed by atoms with Gasteiger partial charge >= 0.3 is 0 Å². The summed E-state index contributed by atoms with van der Waals surface area (Å²) in [6, 6.07) is 2.67. The molecule has 88 valence electrons. The van der Waals surface area contributed by atoms with Gasteiger partial charge in [0.2, 0.25) is 0 Å². The summed E-state index contributed by atoms with van der Waals surface area (Å²) in [5.74, 6) is 0.943. The summed E-state index contributed by atoms with van der Waals surface area (Å²) in [7, 11) is 0. The highest BCUT2D eigenvalue weighted by atomic mass is 79.9. The Bertz CT molecular complexity index is 348. The van der Waals surface area contributed by atoms with Crippen LogP contribution in [-0.4, -0.2) is 24.1 Å². The molecule has 1 saturated heterocycles. The number of aromatic nitrogens is 1. The van der Waals surface area contributed by atoms with E-state index in [-0.39, 0.29) is 0 Å². The van der Waals surface area contributed by atoms with Crippen molar-refractivity contribution in [3.63, 3.8) is 0 Å². The first-order chi connectivity index (χ1) is 7.75. The quantitative estimate of drug-likeness (QED) is 0.896. The van der Waals surface area contributed by atoms with Crippen molar-refractivity contribution in [3.8, 4) is 0 Å². The Kier molecular flexibility index (Phi) is 4.18. The molecule has 1 fully saturated rings. The Balaban J connectivity index is 1.88. The number of pyridine rings is 1. The molecule has 1 unspecified atom stereocenters. The lowest BCUT2D eigenvalue weighted by Gasteiger charge is -2.24. The fourth-order valence-corrected chi connectivity index (χ4v) is 2.59. The Labute approximate surface area is 105 Å². The largest absolute Gasteiger partial charge is 0.368 e. The van der Waals surface area contributed by atoms with E-state index in [0.29, 0.717) is 6.04 Å². The van der Waals surface area contributed by atoms with E-state index in [9.17, 15) is 0 Å². The Morgan fingerprint density at radius 3 is 3.12 bits per heavy atom. The molecule has 0 radical (unpaired) electrons. The van der Waals surface area contributed by atoms with E-state index >= 15 is 0 Å². The monoisotopic (exact) mass is 283 g/mol. The maximum Gasteiger partial charge on any atom is 0.140 e. The molecule has 0 bridgehead atoms. The highest BCUT2D eigenvalue weighted by Crippen LogP contribution is 2.20. The number of nitrogens with zero attached hydrogens (tertiary/aromatic N) is 1. The van der Waals surface area contributed by atoms with Gasteiger partial charge in [-0.3, -0.25) is 0 Å². The molecule has 16 heavy (non-hydrogen) atoms. The van der Waals surface area contributed by atoms with Crippen molar-refractivity contribution in [1.82, 2.24) is 10.3 Å². The number of hydrogen-bond acceptors (Lipinski definition) is 3. The van der Waals surface area contributed by atoms with Gasteiger partial charge < -0.3 is 10.6 Å². The molecule has 0 spiro atoms. The van der Waals surface area contributed by atoms with E-state index in [4.69, 9.17) is 0 Å². The average molecular weight is 284 g/mol. The van der Waals surface area contributed by atoms with Crippen LogP contribution in [0, 0.1) is 6.92 Å². The minimum absolute atomic E-state index is 0.587. The normalized spacial score (nSPS) is 20.8. The Hall–Kier alpha value is -0.610. The van der Waals surface area contributed by atoms with Crippen LogP contribution in [0.3, 0.4) is 0 Å². The first-order valence-electron chi connectivity index (χ1n) is 5.85. The fraction of sp³-hybridized carbons (Fsp3) is 0.583. The van der Waals surface area contributed by atoms with Crippen molar-refractivity contribution in [2.24, 2.45) is 0 Å². The predicted molar refractivity (Wildman–Crippen MR) is 70.8 cm³/mol. The standard InChI is InChI=1S/C12H18BrN3/c1-9-6-11(13)12(15-7-9)16-8-10-4-2-3-5-14-10/h6-7,10,14H,2-5,8H2,1H3,(H,15,16). The van der Waals surface area contributed by atoms with Crippen molar-refractivity contribution in [1.29, 1.82) is 0 Å². The van der Waals surface area contributed by atoms with Gasteiger partial charge in [0.1, 0.15) is 5.82 Å². The zero-order valence-electron chi connectivity index (χ0n) is 9.59. The summed E-state index contributed by atoms with van der Waals surface area (Å²) < 4.78 is 1.04. The fourth-order valence-electron chi connectivity index (χ4n) is 1.98. The van der Waals surface area contributed by atoms with Crippen LogP contribution in [0.15, 0.2) is 16.7 Å².